The first kappa shape index (κ1) is 12.7. The summed E-state index contributed by atoms with van der Waals surface area (Å²) in [5, 5.41) is 8.78. The van der Waals surface area contributed by atoms with Crippen LogP contribution in [0.5, 0.6) is 0 Å². The van der Waals surface area contributed by atoms with Gasteiger partial charge in [-0.2, -0.15) is 0 Å². The molecule has 0 aliphatic heterocycles. The fourth-order valence-electron chi connectivity index (χ4n) is 1.91. The van der Waals surface area contributed by atoms with Crippen molar-refractivity contribution >= 4 is 11.9 Å². The molecule has 0 aromatic heterocycles. The van der Waals surface area contributed by atoms with Crippen LogP contribution in [0, 0.1) is 11.8 Å². The Balaban J connectivity index is 2.59. The van der Waals surface area contributed by atoms with Gasteiger partial charge in [0, 0.05) is 12.5 Å². The zero-order valence-corrected chi connectivity index (χ0v) is 9.85. The molecule has 0 radical (unpaired) electrons. The molecule has 0 spiro atoms. The number of carboxylic acids is 1. The molecular weight excluding hydrogens is 206 g/mol. The second-order valence-electron chi connectivity index (χ2n) is 4.65. The second-order valence-corrected chi connectivity index (χ2v) is 4.65. The van der Waals surface area contributed by atoms with Gasteiger partial charge in [-0.3, -0.25) is 9.59 Å². The van der Waals surface area contributed by atoms with Gasteiger partial charge in [0.25, 0.3) is 0 Å². The Bertz CT molecular complexity index is 289. The van der Waals surface area contributed by atoms with Crippen LogP contribution < -0.4 is 0 Å². The van der Waals surface area contributed by atoms with E-state index in [1.165, 1.54) is 4.90 Å². The third-order valence-electron chi connectivity index (χ3n) is 2.58. The van der Waals surface area contributed by atoms with E-state index in [0.29, 0.717) is 6.54 Å². The highest BCUT2D eigenvalue weighted by atomic mass is 16.4. The van der Waals surface area contributed by atoms with E-state index >= 15 is 0 Å². The Morgan fingerprint density at radius 3 is 2.38 bits per heavy atom. The molecule has 0 bridgehead atoms. The van der Waals surface area contributed by atoms with Crippen LogP contribution in [0.2, 0.25) is 0 Å². The SMILES string of the molecule is CC(C)CN(CC(=O)O)C(=O)C1CC=CC1. The molecule has 0 fully saturated rings. The number of rotatable bonds is 5. The van der Waals surface area contributed by atoms with Gasteiger partial charge in [0.15, 0.2) is 0 Å². The van der Waals surface area contributed by atoms with Gasteiger partial charge < -0.3 is 10.0 Å². The minimum Gasteiger partial charge on any atom is -0.480 e. The van der Waals surface area contributed by atoms with Crippen molar-refractivity contribution in [2.45, 2.75) is 26.7 Å². The number of carbonyl (C=O) groups excluding carboxylic acids is 1. The standard InChI is InChI=1S/C12H19NO3/c1-9(2)7-13(8-11(14)15)12(16)10-5-3-4-6-10/h3-4,9-10H,5-8H2,1-2H3,(H,14,15). The minimum absolute atomic E-state index is 0.0268. The number of carbonyl (C=O) groups is 2. The summed E-state index contributed by atoms with van der Waals surface area (Å²) in [6, 6.07) is 0. The van der Waals surface area contributed by atoms with E-state index in [0.717, 1.165) is 12.8 Å². The van der Waals surface area contributed by atoms with Crippen LogP contribution in [0.15, 0.2) is 12.2 Å². The van der Waals surface area contributed by atoms with Gasteiger partial charge >= 0.3 is 5.97 Å². The summed E-state index contributed by atoms with van der Waals surface area (Å²) in [7, 11) is 0. The lowest BCUT2D eigenvalue weighted by Gasteiger charge is -2.25. The van der Waals surface area contributed by atoms with E-state index in [1.54, 1.807) is 0 Å². The molecule has 1 rings (SSSR count). The predicted octanol–water partition coefficient (Wildman–Crippen LogP) is 1.52. The van der Waals surface area contributed by atoms with Crippen molar-refractivity contribution in [3.63, 3.8) is 0 Å². The highest BCUT2D eigenvalue weighted by molar-refractivity contribution is 5.83. The fourth-order valence-corrected chi connectivity index (χ4v) is 1.91. The van der Waals surface area contributed by atoms with Gasteiger partial charge in [0.05, 0.1) is 0 Å². The Morgan fingerprint density at radius 2 is 1.94 bits per heavy atom. The zero-order valence-electron chi connectivity index (χ0n) is 9.85. The molecule has 1 N–H and O–H groups in total. The number of aliphatic carboxylic acids is 1. The number of allylic oxidation sites excluding steroid dienone is 2. The molecule has 1 aliphatic rings. The van der Waals surface area contributed by atoms with Crippen molar-refractivity contribution in [3.8, 4) is 0 Å². The molecule has 0 atom stereocenters. The van der Waals surface area contributed by atoms with Gasteiger partial charge in [-0.25, -0.2) is 0 Å². The molecule has 90 valence electrons. The predicted molar refractivity (Wildman–Crippen MR) is 60.9 cm³/mol. The Labute approximate surface area is 95.9 Å². The van der Waals surface area contributed by atoms with E-state index in [-0.39, 0.29) is 24.3 Å². The highest BCUT2D eigenvalue weighted by Crippen LogP contribution is 2.20. The quantitative estimate of drug-likeness (QED) is 0.722. The summed E-state index contributed by atoms with van der Waals surface area (Å²) in [6.45, 7) is 4.29. The van der Waals surface area contributed by atoms with Crippen molar-refractivity contribution in [2.75, 3.05) is 13.1 Å². The maximum Gasteiger partial charge on any atom is 0.323 e. The molecule has 0 heterocycles. The van der Waals surface area contributed by atoms with Crippen LogP contribution in [0.25, 0.3) is 0 Å². The Hall–Kier alpha value is -1.32. The average Bonchev–Trinajstić information content (AvgIpc) is 2.66. The van der Waals surface area contributed by atoms with Crippen LogP contribution in [-0.2, 0) is 9.59 Å². The molecule has 1 amide bonds. The summed E-state index contributed by atoms with van der Waals surface area (Å²) >= 11 is 0. The van der Waals surface area contributed by atoms with Crippen molar-refractivity contribution in [3.05, 3.63) is 12.2 Å². The minimum atomic E-state index is -0.944. The molecule has 4 heteroatoms. The monoisotopic (exact) mass is 225 g/mol. The first-order valence-electron chi connectivity index (χ1n) is 5.66. The zero-order chi connectivity index (χ0) is 12.1. The molecule has 0 unspecified atom stereocenters. The second kappa shape index (κ2) is 5.68. The number of carboxylic acid groups (broad SMARTS) is 1. The van der Waals surface area contributed by atoms with Crippen LogP contribution in [0.4, 0.5) is 0 Å². The van der Waals surface area contributed by atoms with Gasteiger partial charge in [-0.1, -0.05) is 26.0 Å². The molecule has 0 saturated heterocycles. The van der Waals surface area contributed by atoms with Gasteiger partial charge in [-0.05, 0) is 18.8 Å². The molecule has 0 aromatic rings. The van der Waals surface area contributed by atoms with Crippen molar-refractivity contribution in [1.29, 1.82) is 0 Å². The lowest BCUT2D eigenvalue weighted by molar-refractivity contribution is -0.146. The first-order valence-corrected chi connectivity index (χ1v) is 5.66. The lowest BCUT2D eigenvalue weighted by Crippen LogP contribution is -2.41. The summed E-state index contributed by atoms with van der Waals surface area (Å²) in [4.78, 5) is 24.2. The number of amides is 1. The largest absolute Gasteiger partial charge is 0.480 e. The summed E-state index contributed by atoms with van der Waals surface area (Å²) in [5.74, 6) is -0.725. The fraction of sp³-hybridized carbons (Fsp3) is 0.667. The van der Waals surface area contributed by atoms with E-state index in [9.17, 15) is 9.59 Å². The number of hydrogen-bond donors (Lipinski definition) is 1. The maximum atomic E-state index is 12.0. The number of nitrogens with zero attached hydrogens (tertiary/aromatic N) is 1. The summed E-state index contributed by atoms with van der Waals surface area (Å²) in [5.41, 5.74) is 0. The highest BCUT2D eigenvalue weighted by Gasteiger charge is 2.26. The third-order valence-corrected chi connectivity index (χ3v) is 2.58. The van der Waals surface area contributed by atoms with Crippen LogP contribution in [-0.4, -0.2) is 35.0 Å². The van der Waals surface area contributed by atoms with Crippen LogP contribution >= 0.6 is 0 Å². The van der Waals surface area contributed by atoms with Crippen molar-refractivity contribution in [1.82, 2.24) is 4.90 Å². The maximum absolute atomic E-state index is 12.0. The molecule has 1 aliphatic carbocycles. The topological polar surface area (TPSA) is 57.6 Å². The molecule has 4 nitrogen and oxygen atoms in total. The summed E-state index contributed by atoms with van der Waals surface area (Å²) in [6.07, 6.45) is 5.45. The molecule has 0 saturated carbocycles. The molecule has 16 heavy (non-hydrogen) atoms. The van der Waals surface area contributed by atoms with Gasteiger partial charge in [-0.15, -0.1) is 0 Å². The normalized spacial score (nSPS) is 15.7. The van der Waals surface area contributed by atoms with E-state index in [2.05, 4.69) is 0 Å². The Morgan fingerprint density at radius 1 is 1.38 bits per heavy atom. The third kappa shape index (κ3) is 3.68. The van der Waals surface area contributed by atoms with E-state index in [4.69, 9.17) is 5.11 Å². The van der Waals surface area contributed by atoms with E-state index in [1.807, 2.05) is 26.0 Å². The smallest absolute Gasteiger partial charge is 0.323 e. The van der Waals surface area contributed by atoms with Gasteiger partial charge in [0.2, 0.25) is 5.91 Å². The van der Waals surface area contributed by atoms with Crippen LogP contribution in [0.3, 0.4) is 0 Å². The average molecular weight is 225 g/mol. The number of hydrogen-bond acceptors (Lipinski definition) is 2. The van der Waals surface area contributed by atoms with Crippen molar-refractivity contribution in [2.24, 2.45) is 11.8 Å². The van der Waals surface area contributed by atoms with Gasteiger partial charge in [0.1, 0.15) is 6.54 Å². The summed E-state index contributed by atoms with van der Waals surface area (Å²) < 4.78 is 0. The molecular formula is C12H19NO3. The van der Waals surface area contributed by atoms with E-state index < -0.39 is 5.97 Å². The van der Waals surface area contributed by atoms with Crippen LogP contribution in [0.1, 0.15) is 26.7 Å². The molecule has 0 aromatic carbocycles. The Kier molecular flexibility index (Phi) is 4.52. The lowest BCUT2D eigenvalue weighted by atomic mass is 10.0. The van der Waals surface area contributed by atoms with Crippen molar-refractivity contribution < 1.29 is 14.7 Å². The first-order chi connectivity index (χ1) is 7.50.